The molecule has 78 valence electrons. The molecular weight excluding hydrogens is 266 g/mol. The zero-order chi connectivity index (χ0) is 11.4. The lowest BCUT2D eigenvalue weighted by Crippen LogP contribution is -1.90. The summed E-state index contributed by atoms with van der Waals surface area (Å²) in [6, 6.07) is 11.3. The minimum absolute atomic E-state index is 0.651. The average Bonchev–Trinajstić information content (AvgIpc) is 2.30. The van der Waals surface area contributed by atoms with Gasteiger partial charge in [0.15, 0.2) is 0 Å². The molecule has 1 heterocycles. The van der Waals surface area contributed by atoms with Crippen LogP contribution in [0, 0.1) is 11.3 Å². The molecule has 0 spiro atoms. The summed E-state index contributed by atoms with van der Waals surface area (Å²) in [6.07, 6.45) is 3.47. The maximum atomic E-state index is 8.67. The van der Waals surface area contributed by atoms with Gasteiger partial charge < -0.3 is 5.32 Å². The number of rotatable bonds is 2. The van der Waals surface area contributed by atoms with Gasteiger partial charge in [0, 0.05) is 16.4 Å². The topological polar surface area (TPSA) is 48.7 Å². The predicted octanol–water partition coefficient (Wildman–Crippen LogP) is 3.46. The van der Waals surface area contributed by atoms with E-state index in [0.29, 0.717) is 5.56 Å². The highest BCUT2D eigenvalue weighted by Crippen LogP contribution is 2.19. The van der Waals surface area contributed by atoms with Crippen molar-refractivity contribution < 1.29 is 0 Å². The lowest BCUT2D eigenvalue weighted by Gasteiger charge is -2.05. The quantitative estimate of drug-likeness (QED) is 0.912. The van der Waals surface area contributed by atoms with Gasteiger partial charge in [0.05, 0.1) is 23.5 Å². The fraction of sp³-hybridized carbons (Fsp3) is 0. The second-order valence-corrected chi connectivity index (χ2v) is 4.12. The van der Waals surface area contributed by atoms with Crippen LogP contribution in [-0.4, -0.2) is 4.98 Å². The van der Waals surface area contributed by atoms with Crippen LogP contribution in [0.2, 0.25) is 0 Å². The third-order valence-electron chi connectivity index (χ3n) is 2.01. The largest absolute Gasteiger partial charge is 0.354 e. The van der Waals surface area contributed by atoms with Crippen LogP contribution in [0.3, 0.4) is 0 Å². The second-order valence-electron chi connectivity index (χ2n) is 3.21. The smallest absolute Gasteiger partial charge is 0.0991 e. The van der Waals surface area contributed by atoms with E-state index in [4.69, 9.17) is 5.26 Å². The minimum Gasteiger partial charge on any atom is -0.354 e. The Morgan fingerprint density at radius 3 is 2.50 bits per heavy atom. The van der Waals surface area contributed by atoms with Crippen molar-refractivity contribution in [3.63, 3.8) is 0 Å². The van der Waals surface area contributed by atoms with Crippen molar-refractivity contribution in [2.24, 2.45) is 0 Å². The van der Waals surface area contributed by atoms with Crippen molar-refractivity contribution in [3.05, 3.63) is 52.8 Å². The van der Waals surface area contributed by atoms with E-state index in [2.05, 4.69) is 32.3 Å². The van der Waals surface area contributed by atoms with Crippen molar-refractivity contribution >= 4 is 27.3 Å². The number of hydrogen-bond donors (Lipinski definition) is 1. The first-order valence-electron chi connectivity index (χ1n) is 4.66. The van der Waals surface area contributed by atoms with E-state index in [1.165, 1.54) is 0 Å². The van der Waals surface area contributed by atoms with E-state index in [-0.39, 0.29) is 0 Å². The van der Waals surface area contributed by atoms with Gasteiger partial charge in [0.25, 0.3) is 0 Å². The van der Waals surface area contributed by atoms with E-state index >= 15 is 0 Å². The summed E-state index contributed by atoms with van der Waals surface area (Å²) >= 11 is 3.35. The first-order chi connectivity index (χ1) is 7.78. The maximum absolute atomic E-state index is 8.67. The van der Waals surface area contributed by atoms with Gasteiger partial charge in [0.1, 0.15) is 0 Å². The first kappa shape index (κ1) is 10.7. The number of nitrogens with one attached hydrogen (secondary N) is 1. The van der Waals surface area contributed by atoms with Crippen LogP contribution in [0.1, 0.15) is 5.56 Å². The number of halogens is 1. The van der Waals surface area contributed by atoms with Crippen molar-refractivity contribution in [3.8, 4) is 6.07 Å². The highest BCUT2D eigenvalue weighted by Gasteiger charge is 1.96. The van der Waals surface area contributed by atoms with Gasteiger partial charge in [-0.1, -0.05) is 0 Å². The Morgan fingerprint density at radius 1 is 1.12 bits per heavy atom. The number of anilines is 2. The van der Waals surface area contributed by atoms with Crippen LogP contribution < -0.4 is 5.32 Å². The Hall–Kier alpha value is -1.86. The maximum Gasteiger partial charge on any atom is 0.0991 e. The van der Waals surface area contributed by atoms with Gasteiger partial charge >= 0.3 is 0 Å². The third-order valence-corrected chi connectivity index (χ3v) is 2.44. The number of pyridine rings is 1. The Kier molecular flexibility index (Phi) is 3.18. The van der Waals surface area contributed by atoms with Crippen molar-refractivity contribution in [1.82, 2.24) is 4.98 Å². The molecule has 2 rings (SSSR count). The Labute approximate surface area is 102 Å². The van der Waals surface area contributed by atoms with E-state index in [0.717, 1.165) is 15.8 Å². The van der Waals surface area contributed by atoms with Crippen molar-refractivity contribution in [2.45, 2.75) is 0 Å². The molecule has 4 heteroatoms. The highest BCUT2D eigenvalue weighted by atomic mass is 79.9. The summed E-state index contributed by atoms with van der Waals surface area (Å²) in [7, 11) is 0. The predicted molar refractivity (Wildman–Crippen MR) is 66.4 cm³/mol. The van der Waals surface area contributed by atoms with Gasteiger partial charge in [-0.15, -0.1) is 0 Å². The molecule has 0 aliphatic heterocycles. The van der Waals surface area contributed by atoms with Gasteiger partial charge in [-0.25, -0.2) is 0 Å². The number of nitrogens with zero attached hydrogens (tertiary/aromatic N) is 2. The summed E-state index contributed by atoms with van der Waals surface area (Å²) in [6.45, 7) is 0. The minimum atomic E-state index is 0.651. The number of benzene rings is 1. The molecule has 1 N–H and O–H groups in total. The molecule has 0 saturated heterocycles. The lowest BCUT2D eigenvalue weighted by molar-refractivity contribution is 1.30. The normalized spacial score (nSPS) is 9.50. The summed E-state index contributed by atoms with van der Waals surface area (Å²) in [4.78, 5) is 4.05. The van der Waals surface area contributed by atoms with E-state index in [1.54, 1.807) is 24.5 Å². The standard InChI is InChI=1S/C12H8BrN3/c13-10-5-12(8-15-7-10)16-11-3-1-9(6-14)2-4-11/h1-5,7-8,16H. The molecule has 0 aliphatic rings. The number of hydrogen-bond acceptors (Lipinski definition) is 3. The molecule has 0 atom stereocenters. The van der Waals surface area contributed by atoms with Crippen molar-refractivity contribution in [2.75, 3.05) is 5.32 Å². The zero-order valence-electron chi connectivity index (χ0n) is 8.31. The Bertz CT molecular complexity index is 529. The van der Waals surface area contributed by atoms with Gasteiger partial charge in [0.2, 0.25) is 0 Å². The first-order valence-corrected chi connectivity index (χ1v) is 5.45. The van der Waals surface area contributed by atoms with Gasteiger partial charge in [-0.05, 0) is 46.3 Å². The Morgan fingerprint density at radius 2 is 1.88 bits per heavy atom. The summed E-state index contributed by atoms with van der Waals surface area (Å²) in [5.74, 6) is 0. The molecule has 0 saturated carbocycles. The fourth-order valence-electron chi connectivity index (χ4n) is 1.27. The van der Waals surface area contributed by atoms with Crippen LogP contribution >= 0.6 is 15.9 Å². The average molecular weight is 274 g/mol. The fourth-order valence-corrected chi connectivity index (χ4v) is 1.64. The van der Waals surface area contributed by atoms with Gasteiger partial charge in [-0.2, -0.15) is 5.26 Å². The molecule has 0 fully saturated rings. The van der Waals surface area contributed by atoms with Crippen LogP contribution in [0.5, 0.6) is 0 Å². The molecule has 0 unspecified atom stereocenters. The molecular formula is C12H8BrN3. The summed E-state index contributed by atoms with van der Waals surface area (Å²) in [5.41, 5.74) is 2.48. The van der Waals surface area contributed by atoms with E-state index in [9.17, 15) is 0 Å². The molecule has 0 amide bonds. The molecule has 0 bridgehead atoms. The molecule has 2 aromatic rings. The monoisotopic (exact) mass is 273 g/mol. The molecule has 16 heavy (non-hydrogen) atoms. The summed E-state index contributed by atoms with van der Waals surface area (Å²) in [5, 5.41) is 11.9. The van der Waals surface area contributed by atoms with Crippen LogP contribution in [-0.2, 0) is 0 Å². The van der Waals surface area contributed by atoms with Crippen molar-refractivity contribution in [1.29, 1.82) is 5.26 Å². The summed E-state index contributed by atoms with van der Waals surface area (Å²) < 4.78 is 0.922. The van der Waals surface area contributed by atoms with Gasteiger partial charge in [-0.3, -0.25) is 4.98 Å². The lowest BCUT2D eigenvalue weighted by atomic mass is 10.2. The van der Waals surface area contributed by atoms with E-state index in [1.807, 2.05) is 18.2 Å². The van der Waals surface area contributed by atoms with Crippen LogP contribution in [0.15, 0.2) is 47.2 Å². The zero-order valence-corrected chi connectivity index (χ0v) is 9.90. The number of aromatic nitrogens is 1. The SMILES string of the molecule is N#Cc1ccc(Nc2cncc(Br)c2)cc1. The highest BCUT2D eigenvalue weighted by molar-refractivity contribution is 9.10. The molecule has 1 aromatic heterocycles. The molecule has 0 radical (unpaired) electrons. The third kappa shape index (κ3) is 2.59. The molecule has 0 aliphatic carbocycles. The Balaban J connectivity index is 2.18. The van der Waals surface area contributed by atoms with Crippen LogP contribution in [0.25, 0.3) is 0 Å². The molecule has 1 aromatic carbocycles. The van der Waals surface area contributed by atoms with E-state index < -0.39 is 0 Å². The number of nitriles is 1. The second kappa shape index (κ2) is 4.77. The molecule has 3 nitrogen and oxygen atoms in total. The van der Waals surface area contributed by atoms with Crippen LogP contribution in [0.4, 0.5) is 11.4 Å².